The monoisotopic (exact) mass is 327 g/mol. The summed E-state index contributed by atoms with van der Waals surface area (Å²) in [5.41, 5.74) is 1.61. The van der Waals surface area contributed by atoms with E-state index in [0.29, 0.717) is 30.0 Å². The minimum atomic E-state index is -0.250. The number of rotatable bonds is 1. The van der Waals surface area contributed by atoms with Crippen molar-refractivity contribution in [3.8, 4) is 0 Å². The average molecular weight is 327 g/mol. The van der Waals surface area contributed by atoms with Crippen LogP contribution in [0, 0.1) is 12.3 Å². The number of likely N-dealkylation sites (tertiary alicyclic amines) is 2. The zero-order valence-electron chi connectivity index (χ0n) is 14.0. The van der Waals surface area contributed by atoms with Crippen molar-refractivity contribution in [1.82, 2.24) is 24.4 Å². The van der Waals surface area contributed by atoms with Crippen LogP contribution >= 0.6 is 0 Å². The molecule has 0 aromatic carbocycles. The molecule has 4 rings (SSSR count). The molecule has 0 atom stereocenters. The summed E-state index contributed by atoms with van der Waals surface area (Å²) in [7, 11) is 1.86. The molecule has 2 aliphatic heterocycles. The van der Waals surface area contributed by atoms with E-state index < -0.39 is 0 Å². The summed E-state index contributed by atoms with van der Waals surface area (Å²) in [6.45, 7) is 3.89. The lowest BCUT2D eigenvalue weighted by Gasteiger charge is -2.37. The molecule has 2 aromatic rings. The summed E-state index contributed by atoms with van der Waals surface area (Å²) in [5.74, 6) is 0.207. The van der Waals surface area contributed by atoms with Gasteiger partial charge in [0.1, 0.15) is 5.56 Å². The maximum Gasteiger partial charge on any atom is 0.259 e. The van der Waals surface area contributed by atoms with E-state index in [1.807, 2.05) is 23.8 Å². The van der Waals surface area contributed by atoms with Gasteiger partial charge in [-0.1, -0.05) is 0 Å². The number of nitrogens with zero attached hydrogens (tertiary/aromatic N) is 5. The van der Waals surface area contributed by atoms with Crippen molar-refractivity contribution < 1.29 is 9.59 Å². The molecule has 2 amide bonds. The Morgan fingerprint density at radius 1 is 1.21 bits per heavy atom. The number of aryl methyl sites for hydroxylation is 1. The first-order valence-electron chi connectivity index (χ1n) is 8.37. The Kier molecular flexibility index (Phi) is 3.33. The fourth-order valence-electron chi connectivity index (χ4n) is 4.00. The third-order valence-corrected chi connectivity index (χ3v) is 5.52. The number of fused-ring (bicyclic) bond motifs is 1. The highest BCUT2D eigenvalue weighted by atomic mass is 16.2. The number of carbonyl (C=O) groups excluding carboxylic acids is 2. The molecule has 0 radical (unpaired) electrons. The third-order valence-electron chi connectivity index (χ3n) is 5.52. The van der Waals surface area contributed by atoms with Crippen LogP contribution in [0.2, 0.25) is 0 Å². The maximum atomic E-state index is 13.0. The van der Waals surface area contributed by atoms with Gasteiger partial charge in [-0.05, 0) is 32.3 Å². The maximum absolute atomic E-state index is 13.0. The number of piperidine rings is 1. The summed E-state index contributed by atoms with van der Waals surface area (Å²) >= 11 is 0. The van der Waals surface area contributed by atoms with Gasteiger partial charge < -0.3 is 9.80 Å². The Labute approximate surface area is 140 Å². The number of amides is 2. The largest absolute Gasteiger partial charge is 0.345 e. The Morgan fingerprint density at radius 3 is 2.58 bits per heavy atom. The standard InChI is InChI=1S/C17H21N5O2/c1-12-13(14-18-7-3-8-22(14)19-12)15(23)21-10-5-17(6-11-21)4-9-20(2)16(17)24/h3,7-8H,4-6,9-11H2,1-2H3. The molecule has 0 unspecified atom stereocenters. The molecule has 126 valence electrons. The Bertz CT molecular complexity index is 819. The highest BCUT2D eigenvalue weighted by Crippen LogP contribution is 2.41. The Balaban J connectivity index is 1.56. The SMILES string of the molecule is Cc1nn2cccnc2c1C(=O)N1CCC2(CCN(C)C2=O)CC1. The smallest absolute Gasteiger partial charge is 0.259 e. The van der Waals surface area contributed by atoms with E-state index in [9.17, 15) is 9.59 Å². The zero-order valence-corrected chi connectivity index (χ0v) is 14.0. The van der Waals surface area contributed by atoms with Crippen LogP contribution < -0.4 is 0 Å². The predicted octanol–water partition coefficient (Wildman–Crippen LogP) is 1.12. The first kappa shape index (κ1) is 15.1. The van der Waals surface area contributed by atoms with Crippen molar-refractivity contribution in [3.63, 3.8) is 0 Å². The lowest BCUT2D eigenvalue weighted by Crippen LogP contribution is -2.46. The zero-order chi connectivity index (χ0) is 16.9. The summed E-state index contributed by atoms with van der Waals surface area (Å²) in [5, 5.41) is 4.37. The molecule has 7 nitrogen and oxygen atoms in total. The van der Waals surface area contributed by atoms with Crippen LogP contribution in [-0.2, 0) is 4.79 Å². The molecule has 0 aliphatic carbocycles. The highest BCUT2D eigenvalue weighted by Gasteiger charge is 2.47. The van der Waals surface area contributed by atoms with Crippen LogP contribution in [-0.4, -0.2) is 62.9 Å². The lowest BCUT2D eigenvalue weighted by atomic mass is 9.77. The molecule has 1 spiro atoms. The van der Waals surface area contributed by atoms with Gasteiger partial charge in [0.05, 0.1) is 11.1 Å². The van der Waals surface area contributed by atoms with Crippen LogP contribution in [0.4, 0.5) is 0 Å². The van der Waals surface area contributed by atoms with Gasteiger partial charge in [-0.15, -0.1) is 0 Å². The molecule has 0 saturated carbocycles. The molecule has 2 fully saturated rings. The molecule has 2 saturated heterocycles. The topological polar surface area (TPSA) is 70.8 Å². The van der Waals surface area contributed by atoms with Gasteiger partial charge in [0, 0.05) is 39.1 Å². The van der Waals surface area contributed by atoms with E-state index in [1.54, 1.807) is 23.0 Å². The van der Waals surface area contributed by atoms with Crippen LogP contribution in [0.25, 0.3) is 5.65 Å². The number of aromatic nitrogens is 3. The van der Waals surface area contributed by atoms with Crippen LogP contribution in [0.5, 0.6) is 0 Å². The van der Waals surface area contributed by atoms with Crippen molar-refractivity contribution in [3.05, 3.63) is 29.7 Å². The van der Waals surface area contributed by atoms with E-state index in [-0.39, 0.29) is 17.2 Å². The first-order valence-corrected chi connectivity index (χ1v) is 8.37. The fourth-order valence-corrected chi connectivity index (χ4v) is 4.00. The van der Waals surface area contributed by atoms with E-state index in [0.717, 1.165) is 25.8 Å². The summed E-state index contributed by atoms with van der Waals surface area (Å²) in [6.07, 6.45) is 5.86. The lowest BCUT2D eigenvalue weighted by molar-refractivity contribution is -0.137. The summed E-state index contributed by atoms with van der Waals surface area (Å²) in [6, 6.07) is 1.79. The van der Waals surface area contributed by atoms with Crippen molar-refractivity contribution in [2.45, 2.75) is 26.2 Å². The van der Waals surface area contributed by atoms with E-state index in [2.05, 4.69) is 10.1 Å². The van der Waals surface area contributed by atoms with Gasteiger partial charge in [-0.25, -0.2) is 9.50 Å². The van der Waals surface area contributed by atoms with E-state index in [4.69, 9.17) is 0 Å². The van der Waals surface area contributed by atoms with Crippen LogP contribution in [0.15, 0.2) is 18.5 Å². The normalized spacial score (nSPS) is 20.3. The molecule has 0 N–H and O–H groups in total. The van der Waals surface area contributed by atoms with Gasteiger partial charge in [0.25, 0.3) is 5.91 Å². The van der Waals surface area contributed by atoms with E-state index >= 15 is 0 Å². The quantitative estimate of drug-likeness (QED) is 0.787. The van der Waals surface area contributed by atoms with Crippen LogP contribution in [0.3, 0.4) is 0 Å². The highest BCUT2D eigenvalue weighted by molar-refractivity contribution is 6.01. The predicted molar refractivity (Wildman–Crippen MR) is 87.5 cm³/mol. The molecule has 0 bridgehead atoms. The van der Waals surface area contributed by atoms with Crippen molar-refractivity contribution in [1.29, 1.82) is 0 Å². The van der Waals surface area contributed by atoms with Crippen LogP contribution in [0.1, 0.15) is 35.3 Å². The second kappa shape index (κ2) is 5.29. The Morgan fingerprint density at radius 2 is 1.92 bits per heavy atom. The van der Waals surface area contributed by atoms with Crippen molar-refractivity contribution >= 4 is 17.5 Å². The third kappa shape index (κ3) is 2.11. The first-order chi connectivity index (χ1) is 11.5. The molecule has 2 aromatic heterocycles. The molecular formula is C17H21N5O2. The second-order valence-electron chi connectivity index (χ2n) is 6.90. The second-order valence-corrected chi connectivity index (χ2v) is 6.90. The molecule has 2 aliphatic rings. The number of carbonyl (C=O) groups is 2. The Hall–Kier alpha value is -2.44. The molecule has 4 heterocycles. The number of hydrogen-bond donors (Lipinski definition) is 0. The molecule has 7 heteroatoms. The van der Waals surface area contributed by atoms with Gasteiger partial charge in [-0.3, -0.25) is 9.59 Å². The van der Waals surface area contributed by atoms with Crippen molar-refractivity contribution in [2.75, 3.05) is 26.7 Å². The van der Waals surface area contributed by atoms with Gasteiger partial charge >= 0.3 is 0 Å². The van der Waals surface area contributed by atoms with E-state index in [1.165, 1.54) is 0 Å². The van der Waals surface area contributed by atoms with Gasteiger partial charge in [0.2, 0.25) is 5.91 Å². The minimum absolute atomic E-state index is 0.0325. The summed E-state index contributed by atoms with van der Waals surface area (Å²) < 4.78 is 1.64. The average Bonchev–Trinajstić information content (AvgIpc) is 3.07. The minimum Gasteiger partial charge on any atom is -0.345 e. The van der Waals surface area contributed by atoms with Crippen molar-refractivity contribution in [2.24, 2.45) is 5.41 Å². The molecular weight excluding hydrogens is 306 g/mol. The number of hydrogen-bond acceptors (Lipinski definition) is 4. The van der Waals surface area contributed by atoms with Gasteiger partial charge in [-0.2, -0.15) is 5.10 Å². The fraction of sp³-hybridized carbons (Fsp3) is 0.529. The van der Waals surface area contributed by atoms with Gasteiger partial charge in [0.15, 0.2) is 5.65 Å². The molecule has 24 heavy (non-hydrogen) atoms. The summed E-state index contributed by atoms with van der Waals surface area (Å²) in [4.78, 5) is 33.4.